The number of alkyl halides is 2. The highest BCUT2D eigenvalue weighted by atomic mass is 19.3. The Morgan fingerprint density at radius 3 is 2.52 bits per heavy atom. The fourth-order valence-electron chi connectivity index (χ4n) is 2.52. The van der Waals surface area contributed by atoms with E-state index in [4.69, 9.17) is 5.11 Å². The maximum absolute atomic E-state index is 12.9. The maximum Gasteiger partial charge on any atom is 0.586 e. The Bertz CT molecular complexity index is 661. The van der Waals surface area contributed by atoms with Gasteiger partial charge < -0.3 is 25.2 Å². The summed E-state index contributed by atoms with van der Waals surface area (Å²) in [7, 11) is 0. The highest BCUT2D eigenvalue weighted by Crippen LogP contribution is 2.42. The summed E-state index contributed by atoms with van der Waals surface area (Å²) in [6, 6.07) is 3.20. The van der Waals surface area contributed by atoms with Gasteiger partial charge in [0.2, 0.25) is 0 Å². The predicted octanol–water partition coefficient (Wildman–Crippen LogP) is 2.38. The van der Waals surface area contributed by atoms with Crippen molar-refractivity contribution in [3.8, 4) is 11.5 Å². The molecule has 0 radical (unpaired) electrons. The number of fused-ring (bicyclic) bond motifs is 1. The molecule has 7 nitrogen and oxygen atoms in total. The Kier molecular flexibility index (Phi) is 3.50. The van der Waals surface area contributed by atoms with Gasteiger partial charge in [-0.2, -0.15) is 0 Å². The van der Waals surface area contributed by atoms with Crippen LogP contribution in [0.3, 0.4) is 0 Å². The molecule has 1 aliphatic heterocycles. The minimum absolute atomic E-state index is 0.0107. The summed E-state index contributed by atoms with van der Waals surface area (Å²) in [6.07, 6.45) is -1.88. The van der Waals surface area contributed by atoms with Crippen LogP contribution in [0.25, 0.3) is 0 Å². The molecule has 23 heavy (non-hydrogen) atoms. The van der Waals surface area contributed by atoms with Gasteiger partial charge in [0.15, 0.2) is 11.5 Å². The normalized spacial score (nSPS) is 19.6. The van der Waals surface area contributed by atoms with E-state index in [9.17, 15) is 18.4 Å². The topological polar surface area (TPSA) is 96.9 Å². The molecule has 2 amide bonds. The number of hydrogen-bond acceptors (Lipinski definition) is 4. The van der Waals surface area contributed by atoms with Gasteiger partial charge in [-0.15, -0.1) is 8.78 Å². The standard InChI is InChI=1S/C14H14F2N2O5/c15-14(16)22-9-3-2-8(6-10(9)23-14)18-12(21)17-7-13(11(19)20)4-1-5-13/h2-3,6H,1,4-5,7H2,(H,19,20)(H2,17,18,21). The quantitative estimate of drug-likeness (QED) is 0.788. The molecule has 2 aliphatic rings. The lowest BCUT2D eigenvalue weighted by atomic mass is 9.69. The molecule has 0 atom stereocenters. The summed E-state index contributed by atoms with van der Waals surface area (Å²) in [6.45, 7) is 0.0107. The van der Waals surface area contributed by atoms with Gasteiger partial charge in [0.05, 0.1) is 5.41 Å². The van der Waals surface area contributed by atoms with E-state index in [1.807, 2.05) is 0 Å². The minimum Gasteiger partial charge on any atom is -0.481 e. The first-order valence-corrected chi connectivity index (χ1v) is 6.98. The SMILES string of the molecule is O=C(NCC1(C(=O)O)CCC1)Nc1ccc2c(c1)OC(F)(F)O2. The van der Waals surface area contributed by atoms with Crippen LogP contribution in [0, 0.1) is 5.41 Å². The molecule has 3 N–H and O–H groups in total. The van der Waals surface area contributed by atoms with Gasteiger partial charge in [0, 0.05) is 18.3 Å². The summed E-state index contributed by atoms with van der Waals surface area (Å²) in [5, 5.41) is 14.1. The number of carboxylic acid groups (broad SMARTS) is 1. The Labute approximate surface area is 129 Å². The molecule has 0 aromatic heterocycles. The number of urea groups is 1. The number of nitrogens with one attached hydrogen (secondary N) is 2. The van der Waals surface area contributed by atoms with Crippen molar-refractivity contribution in [3.63, 3.8) is 0 Å². The third kappa shape index (κ3) is 2.99. The Balaban J connectivity index is 1.58. The van der Waals surface area contributed by atoms with Gasteiger partial charge in [-0.3, -0.25) is 4.79 Å². The molecule has 0 spiro atoms. The highest BCUT2D eigenvalue weighted by Gasteiger charge is 2.45. The maximum atomic E-state index is 12.9. The second-order valence-electron chi connectivity index (χ2n) is 5.58. The molecule has 9 heteroatoms. The Hall–Kier alpha value is -2.58. The van der Waals surface area contributed by atoms with Gasteiger partial charge >= 0.3 is 18.3 Å². The van der Waals surface area contributed by atoms with Gasteiger partial charge in [-0.25, -0.2) is 4.79 Å². The van der Waals surface area contributed by atoms with E-state index in [0.717, 1.165) is 6.42 Å². The van der Waals surface area contributed by atoms with Crippen molar-refractivity contribution >= 4 is 17.7 Å². The number of aliphatic carboxylic acids is 1. The number of carbonyl (C=O) groups excluding carboxylic acids is 1. The van der Waals surface area contributed by atoms with Crippen molar-refractivity contribution in [2.24, 2.45) is 5.41 Å². The molecule has 1 aromatic rings. The number of anilines is 1. The number of rotatable bonds is 4. The first-order chi connectivity index (χ1) is 10.8. The van der Waals surface area contributed by atoms with Crippen molar-refractivity contribution in [1.29, 1.82) is 0 Å². The average molecular weight is 328 g/mol. The summed E-state index contributed by atoms with van der Waals surface area (Å²) in [5.74, 6) is -1.25. The first-order valence-electron chi connectivity index (χ1n) is 6.98. The highest BCUT2D eigenvalue weighted by molar-refractivity contribution is 5.90. The van der Waals surface area contributed by atoms with Crippen LogP contribution in [0.5, 0.6) is 11.5 Å². The zero-order chi connectivity index (χ0) is 16.7. The fourth-order valence-corrected chi connectivity index (χ4v) is 2.52. The summed E-state index contributed by atoms with van der Waals surface area (Å²) < 4.78 is 34.3. The van der Waals surface area contributed by atoms with Crippen LogP contribution in [0.15, 0.2) is 18.2 Å². The summed E-state index contributed by atoms with van der Waals surface area (Å²) in [5.41, 5.74) is -0.686. The Morgan fingerprint density at radius 2 is 1.91 bits per heavy atom. The van der Waals surface area contributed by atoms with Crippen LogP contribution >= 0.6 is 0 Å². The molecule has 1 fully saturated rings. The van der Waals surface area contributed by atoms with Gasteiger partial charge in [0.25, 0.3) is 0 Å². The van der Waals surface area contributed by atoms with E-state index in [1.54, 1.807) is 0 Å². The number of carbonyl (C=O) groups is 2. The zero-order valence-corrected chi connectivity index (χ0v) is 11.9. The molecular weight excluding hydrogens is 314 g/mol. The molecule has 124 valence electrons. The van der Waals surface area contributed by atoms with Gasteiger partial charge in [-0.05, 0) is 25.0 Å². The second-order valence-corrected chi connectivity index (χ2v) is 5.58. The molecule has 0 unspecified atom stereocenters. The van der Waals surface area contributed by atoms with Crippen LogP contribution in [-0.2, 0) is 4.79 Å². The third-order valence-electron chi connectivity index (χ3n) is 4.01. The van der Waals surface area contributed by atoms with Crippen molar-refractivity contribution in [2.75, 3.05) is 11.9 Å². The van der Waals surface area contributed by atoms with Crippen LogP contribution in [0.4, 0.5) is 19.3 Å². The van der Waals surface area contributed by atoms with Crippen LogP contribution in [-0.4, -0.2) is 29.9 Å². The van der Waals surface area contributed by atoms with Gasteiger partial charge in [0.1, 0.15) is 0 Å². The van der Waals surface area contributed by atoms with Gasteiger partial charge in [-0.1, -0.05) is 6.42 Å². The largest absolute Gasteiger partial charge is 0.586 e. The number of halogens is 2. The average Bonchev–Trinajstić information content (AvgIpc) is 2.70. The number of benzene rings is 1. The van der Waals surface area contributed by atoms with E-state index in [1.165, 1.54) is 18.2 Å². The van der Waals surface area contributed by atoms with Crippen molar-refractivity contribution in [2.45, 2.75) is 25.6 Å². The van der Waals surface area contributed by atoms with E-state index in [-0.39, 0.29) is 23.7 Å². The van der Waals surface area contributed by atoms with E-state index in [2.05, 4.69) is 20.1 Å². The van der Waals surface area contributed by atoms with Crippen LogP contribution in [0.1, 0.15) is 19.3 Å². The molecule has 1 aromatic carbocycles. The van der Waals surface area contributed by atoms with E-state index in [0.29, 0.717) is 12.8 Å². The summed E-state index contributed by atoms with van der Waals surface area (Å²) in [4.78, 5) is 23.0. The molecule has 1 aliphatic carbocycles. The lowest BCUT2D eigenvalue weighted by Gasteiger charge is -2.37. The van der Waals surface area contributed by atoms with E-state index >= 15 is 0 Å². The molecule has 1 saturated carbocycles. The lowest BCUT2D eigenvalue weighted by Crippen LogP contribution is -2.48. The third-order valence-corrected chi connectivity index (χ3v) is 4.01. The number of amides is 2. The lowest BCUT2D eigenvalue weighted by molar-refractivity contribution is -0.286. The minimum atomic E-state index is -3.72. The monoisotopic (exact) mass is 328 g/mol. The molecule has 0 saturated heterocycles. The molecule has 3 rings (SSSR count). The number of ether oxygens (including phenoxy) is 2. The van der Waals surface area contributed by atoms with Crippen LogP contribution in [0.2, 0.25) is 0 Å². The van der Waals surface area contributed by atoms with E-state index < -0.39 is 23.7 Å². The Morgan fingerprint density at radius 1 is 1.22 bits per heavy atom. The molecular formula is C14H14F2N2O5. The first kappa shape index (κ1) is 15.3. The molecule has 0 bridgehead atoms. The zero-order valence-electron chi connectivity index (χ0n) is 11.9. The fraction of sp³-hybridized carbons (Fsp3) is 0.429. The van der Waals surface area contributed by atoms with Crippen molar-refractivity contribution < 1.29 is 33.0 Å². The second kappa shape index (κ2) is 5.25. The predicted molar refractivity (Wildman–Crippen MR) is 73.6 cm³/mol. The van der Waals surface area contributed by atoms with Crippen molar-refractivity contribution in [3.05, 3.63) is 18.2 Å². The molecule has 1 heterocycles. The number of carboxylic acids is 1. The van der Waals surface area contributed by atoms with Crippen molar-refractivity contribution in [1.82, 2.24) is 5.32 Å². The smallest absolute Gasteiger partial charge is 0.481 e. The number of hydrogen-bond donors (Lipinski definition) is 3. The van der Waals surface area contributed by atoms with Crippen LogP contribution < -0.4 is 20.1 Å². The summed E-state index contributed by atoms with van der Waals surface area (Å²) >= 11 is 0.